The Morgan fingerprint density at radius 2 is 1.46 bits per heavy atom. The molecule has 6 heterocycles. The van der Waals surface area contributed by atoms with Crippen LogP contribution in [0.2, 0.25) is 0 Å². The Bertz CT molecular complexity index is 2300. The summed E-state index contributed by atoms with van der Waals surface area (Å²) in [5, 5.41) is 5.66. The van der Waals surface area contributed by atoms with Crippen LogP contribution < -0.4 is 15.5 Å². The average Bonchev–Trinajstić information content (AvgIpc) is 4.06. The van der Waals surface area contributed by atoms with Crippen LogP contribution in [-0.2, 0) is 27.1 Å². The van der Waals surface area contributed by atoms with Gasteiger partial charge in [-0.3, -0.25) is 4.79 Å². The number of nitrogens with zero attached hydrogens (tertiary/aromatic N) is 6. The van der Waals surface area contributed by atoms with Gasteiger partial charge in [-0.1, -0.05) is 62.9 Å². The highest BCUT2D eigenvalue weighted by atomic mass is 16.5. The van der Waals surface area contributed by atoms with Gasteiger partial charge in [-0.25, -0.2) is 29.5 Å². The van der Waals surface area contributed by atoms with E-state index in [-0.39, 0.29) is 30.0 Å². The minimum atomic E-state index is -0.694. The number of benzene rings is 2. The fourth-order valence-electron chi connectivity index (χ4n) is 8.24. The van der Waals surface area contributed by atoms with Gasteiger partial charge >= 0.3 is 12.2 Å². The molecule has 3 aromatic heterocycles. The number of para-hydroxylation sites is 1. The van der Waals surface area contributed by atoms with Crippen molar-refractivity contribution in [3.63, 3.8) is 0 Å². The van der Waals surface area contributed by atoms with Crippen LogP contribution in [0.1, 0.15) is 68.0 Å². The summed E-state index contributed by atoms with van der Waals surface area (Å²) in [6, 6.07) is 13.0. The van der Waals surface area contributed by atoms with Gasteiger partial charge in [-0.15, -0.1) is 0 Å². The van der Waals surface area contributed by atoms with Crippen LogP contribution in [0.3, 0.4) is 0 Å². The molecule has 4 N–H and O–H groups in total. The topological polar surface area (TPSA) is 183 Å². The number of aromatic amines is 2. The number of aromatic nitrogens is 6. The summed E-state index contributed by atoms with van der Waals surface area (Å²) in [6.45, 7) is 8.82. The number of rotatable bonds is 9. The summed E-state index contributed by atoms with van der Waals surface area (Å²) in [4.78, 5) is 67.5. The average molecular weight is 771 g/mol. The fourth-order valence-corrected chi connectivity index (χ4v) is 8.24. The van der Waals surface area contributed by atoms with E-state index in [0.717, 1.165) is 77.4 Å². The molecule has 0 saturated carbocycles. The van der Waals surface area contributed by atoms with Crippen LogP contribution in [0.15, 0.2) is 79.5 Å². The molecule has 294 valence electrons. The first kappa shape index (κ1) is 37.4. The van der Waals surface area contributed by atoms with E-state index in [0.29, 0.717) is 18.2 Å². The molecule has 57 heavy (non-hydrogen) atoms. The maximum atomic E-state index is 13.5. The molecule has 5 aromatic rings. The van der Waals surface area contributed by atoms with Crippen LogP contribution in [0.25, 0.3) is 33.9 Å². The third kappa shape index (κ3) is 7.20. The fraction of sp³-hybridized carbons (Fsp3) is 0.357. The van der Waals surface area contributed by atoms with Gasteiger partial charge in [0.05, 0.1) is 56.1 Å². The number of amides is 3. The molecule has 15 nitrogen and oxygen atoms in total. The number of imidazole rings is 2. The molecule has 15 heteroatoms. The number of H-pyrrole nitrogens is 2. The van der Waals surface area contributed by atoms with Crippen molar-refractivity contribution in [3.8, 4) is 33.9 Å². The van der Waals surface area contributed by atoms with Gasteiger partial charge in [-0.05, 0) is 48.3 Å². The van der Waals surface area contributed by atoms with Crippen molar-refractivity contribution in [2.45, 2.75) is 70.1 Å². The van der Waals surface area contributed by atoms with Crippen molar-refractivity contribution in [3.05, 3.63) is 102 Å². The van der Waals surface area contributed by atoms with Crippen molar-refractivity contribution >= 4 is 23.8 Å². The molecule has 4 atom stereocenters. The standard InChI is InChI=1S/C42H46N10O5/c1-23(2)35(50-42(55)57-5)40(53)51-17-7-10-33(51)38-45-21-31(47-38)25-11-13-27(14-12-25)37-43-19-29(20-44-37)32-22-46-39(48-32)34-18-28-9-6-8-26-15-16-30(49-41(54)56-4)24(3)52(34)36(26)28/h6,8-9,11-14,19-23,30,33-35H,3,7,10,15-18H2,1-2,4-5H3,(H,45,47)(H,46,48)(H,49,54)(H,50,55)/t30-,33-,34-,35-/m0/s1. The van der Waals surface area contributed by atoms with Crippen LogP contribution in [0.5, 0.6) is 0 Å². The van der Waals surface area contributed by atoms with Gasteiger partial charge in [0.2, 0.25) is 5.91 Å². The van der Waals surface area contributed by atoms with Crippen molar-refractivity contribution in [2.75, 3.05) is 25.7 Å². The molecule has 0 spiro atoms. The lowest BCUT2D eigenvalue weighted by atomic mass is 10.0. The van der Waals surface area contributed by atoms with Crippen molar-refractivity contribution < 1.29 is 23.9 Å². The maximum Gasteiger partial charge on any atom is 0.407 e. The summed E-state index contributed by atoms with van der Waals surface area (Å²) in [5.41, 5.74) is 8.61. The Balaban J connectivity index is 0.951. The second-order valence-electron chi connectivity index (χ2n) is 15.0. The lowest BCUT2D eigenvalue weighted by molar-refractivity contribution is -0.135. The molecule has 0 radical (unpaired) electrons. The number of hydrogen-bond acceptors (Lipinski definition) is 10. The van der Waals surface area contributed by atoms with Crippen molar-refractivity contribution in [1.82, 2.24) is 45.4 Å². The first-order valence-electron chi connectivity index (χ1n) is 19.2. The van der Waals surface area contributed by atoms with Crippen molar-refractivity contribution in [1.29, 1.82) is 0 Å². The number of nitrogens with one attached hydrogen (secondary N) is 4. The number of carbonyl (C=O) groups excluding carboxylic acids is 3. The molecule has 1 fully saturated rings. The first-order chi connectivity index (χ1) is 27.6. The van der Waals surface area contributed by atoms with Gasteiger partial charge < -0.3 is 39.9 Å². The van der Waals surface area contributed by atoms with E-state index in [9.17, 15) is 14.4 Å². The van der Waals surface area contributed by atoms with Crippen LogP contribution in [-0.4, -0.2) is 85.7 Å². The van der Waals surface area contributed by atoms with E-state index >= 15 is 0 Å². The number of anilines is 1. The summed E-state index contributed by atoms with van der Waals surface area (Å²) in [5.74, 6) is 1.82. The van der Waals surface area contributed by atoms with Crippen LogP contribution in [0.4, 0.5) is 15.3 Å². The maximum absolute atomic E-state index is 13.5. The first-order valence-corrected chi connectivity index (χ1v) is 19.2. The molecule has 0 aliphatic carbocycles. The molecule has 1 saturated heterocycles. The number of hydrogen-bond donors (Lipinski definition) is 4. The Hall–Kier alpha value is -6.51. The predicted molar refractivity (Wildman–Crippen MR) is 213 cm³/mol. The monoisotopic (exact) mass is 770 g/mol. The molecule has 0 bridgehead atoms. The smallest absolute Gasteiger partial charge is 0.407 e. The Morgan fingerprint density at radius 3 is 2.14 bits per heavy atom. The quantitative estimate of drug-likeness (QED) is 0.134. The summed E-state index contributed by atoms with van der Waals surface area (Å²) in [7, 11) is 2.65. The zero-order chi connectivity index (χ0) is 39.8. The predicted octanol–water partition coefficient (Wildman–Crippen LogP) is 6.26. The molecule has 3 amide bonds. The van der Waals surface area contributed by atoms with E-state index in [1.165, 1.54) is 25.3 Å². The molecular weight excluding hydrogens is 725 g/mol. The minimum absolute atomic E-state index is 0.110. The molecule has 3 aliphatic rings. The number of carbonyl (C=O) groups is 3. The second-order valence-corrected chi connectivity index (χ2v) is 15.0. The third-order valence-corrected chi connectivity index (χ3v) is 11.2. The largest absolute Gasteiger partial charge is 0.453 e. The van der Waals surface area contributed by atoms with E-state index in [1.54, 1.807) is 29.7 Å². The van der Waals surface area contributed by atoms with Crippen LogP contribution >= 0.6 is 0 Å². The van der Waals surface area contributed by atoms with Gasteiger partial charge in [0.25, 0.3) is 0 Å². The van der Waals surface area contributed by atoms with E-state index in [1.807, 2.05) is 38.1 Å². The molecule has 8 rings (SSSR count). The number of methoxy groups -OCH3 is 2. The van der Waals surface area contributed by atoms with Gasteiger partial charge in [0.15, 0.2) is 5.82 Å². The number of alkyl carbamates (subject to hydrolysis) is 2. The zero-order valence-electron chi connectivity index (χ0n) is 32.4. The molecular formula is C42H46N10O5. The highest BCUT2D eigenvalue weighted by Crippen LogP contribution is 2.47. The van der Waals surface area contributed by atoms with E-state index in [4.69, 9.17) is 24.4 Å². The van der Waals surface area contributed by atoms with E-state index in [2.05, 4.69) is 55.3 Å². The highest BCUT2D eigenvalue weighted by molar-refractivity contribution is 5.86. The third-order valence-electron chi connectivity index (χ3n) is 11.2. The summed E-state index contributed by atoms with van der Waals surface area (Å²) >= 11 is 0. The van der Waals surface area contributed by atoms with Crippen molar-refractivity contribution in [2.24, 2.45) is 5.92 Å². The summed E-state index contributed by atoms with van der Waals surface area (Å²) < 4.78 is 9.66. The van der Waals surface area contributed by atoms with Crippen LogP contribution in [0, 0.1) is 5.92 Å². The number of likely N-dealkylation sites (tertiary alicyclic amines) is 1. The minimum Gasteiger partial charge on any atom is -0.453 e. The molecule has 3 aliphatic heterocycles. The Morgan fingerprint density at radius 1 is 0.807 bits per heavy atom. The number of ether oxygens (including phenoxy) is 2. The summed E-state index contributed by atoms with van der Waals surface area (Å²) in [6.07, 6.45) is 9.94. The van der Waals surface area contributed by atoms with Gasteiger partial charge in [0.1, 0.15) is 17.7 Å². The SMILES string of the molecule is C=C1[C@@H](NC(=O)OC)CCc2cccc3c2N1[C@H](c1ncc(-c2cnc(-c4ccc(-c5cnc([C@@H]6CCCN6C(=O)[C@@H](NC(=O)OC)C(C)C)[nH]5)cc4)nc2)[nH]1)C3. The number of aryl methyl sites for hydroxylation is 1. The zero-order valence-corrected chi connectivity index (χ0v) is 32.4. The lowest BCUT2D eigenvalue weighted by Crippen LogP contribution is -2.51. The van der Waals surface area contributed by atoms with Gasteiger partial charge in [-0.2, -0.15) is 0 Å². The Kier molecular flexibility index (Phi) is 10.2. The lowest BCUT2D eigenvalue weighted by Gasteiger charge is -2.31. The second kappa shape index (κ2) is 15.6. The molecule has 0 unspecified atom stereocenters. The normalized spacial score (nSPS) is 19.2. The molecule has 2 aromatic carbocycles. The van der Waals surface area contributed by atoms with Gasteiger partial charge in [0, 0.05) is 47.9 Å². The Labute approximate surface area is 330 Å². The van der Waals surface area contributed by atoms with E-state index < -0.39 is 18.2 Å². The highest BCUT2D eigenvalue weighted by Gasteiger charge is 2.40.